The number of rotatable bonds is 1. The molecule has 0 aliphatic heterocycles. The number of hydrogen-bond acceptors (Lipinski definition) is 4. The molecule has 6 heteroatoms. The fourth-order valence-corrected chi connectivity index (χ4v) is 3.23. The molecule has 3 aromatic rings. The molecular formula is C14H12BrKN2S2. The summed E-state index contributed by atoms with van der Waals surface area (Å²) in [6.45, 7) is 0. The van der Waals surface area contributed by atoms with E-state index >= 15 is 0 Å². The summed E-state index contributed by atoms with van der Waals surface area (Å²) in [4.78, 5) is 4.34. The molecule has 0 fully saturated rings. The molecule has 1 aromatic heterocycles. The van der Waals surface area contributed by atoms with E-state index in [1.807, 2.05) is 12.1 Å². The van der Waals surface area contributed by atoms with Crippen LogP contribution in [0.1, 0.15) is 0 Å². The van der Waals surface area contributed by atoms with Gasteiger partial charge in [0.15, 0.2) is 5.13 Å². The van der Waals surface area contributed by atoms with Crippen LogP contribution < -0.4 is 57.1 Å². The third-order valence-corrected chi connectivity index (χ3v) is 4.16. The fraction of sp³-hybridized carbons (Fsp3) is 0.0714. The first-order valence-corrected chi connectivity index (χ1v) is 7.98. The van der Waals surface area contributed by atoms with E-state index in [0.717, 1.165) is 15.0 Å². The molecule has 1 heterocycles. The Morgan fingerprint density at radius 3 is 2.35 bits per heavy atom. The van der Waals surface area contributed by atoms with Crippen LogP contribution in [-0.2, 0) is 12.6 Å². The van der Waals surface area contributed by atoms with E-state index in [-0.39, 0.29) is 51.4 Å². The average Bonchev–Trinajstić information content (AvgIpc) is 2.79. The summed E-state index contributed by atoms with van der Waals surface area (Å²) in [7, 11) is 0. The zero-order valence-electron chi connectivity index (χ0n) is 11.3. The molecule has 0 aliphatic rings. The first-order valence-electron chi connectivity index (χ1n) is 5.56. The van der Waals surface area contributed by atoms with E-state index in [2.05, 4.69) is 63.9 Å². The van der Waals surface area contributed by atoms with Gasteiger partial charge in [0.1, 0.15) is 0 Å². The largest absolute Gasteiger partial charge is 1.00 e. The second-order valence-corrected chi connectivity index (χ2v) is 6.08. The van der Waals surface area contributed by atoms with Crippen molar-refractivity contribution in [3.05, 3.63) is 46.3 Å². The monoisotopic (exact) mass is 390 g/mol. The van der Waals surface area contributed by atoms with Crippen molar-refractivity contribution in [3.8, 4) is 11.3 Å². The van der Waals surface area contributed by atoms with Crippen molar-refractivity contribution in [1.82, 2.24) is 4.98 Å². The molecule has 2 N–H and O–H groups in total. The van der Waals surface area contributed by atoms with Gasteiger partial charge in [-0.05, 0) is 32.8 Å². The van der Waals surface area contributed by atoms with Crippen LogP contribution in [0.3, 0.4) is 0 Å². The van der Waals surface area contributed by atoms with Crippen molar-refractivity contribution in [2.75, 3.05) is 12.0 Å². The van der Waals surface area contributed by atoms with Gasteiger partial charge in [-0.25, -0.2) is 4.98 Å². The molecule has 2 aromatic carbocycles. The standard InChI is InChI=1S/C13H9BrN2S.CH4S.K/c14-12-11(16-13(15)17-12)10-6-5-8-3-1-2-4-9(8)7-10;1-2;/h1-7H,(H2,15,16);2H,1H3;/q;;+1/p-1. The third-order valence-electron chi connectivity index (χ3n) is 2.63. The Morgan fingerprint density at radius 2 is 1.75 bits per heavy atom. The normalized spacial score (nSPS) is 9.55. The number of fused-ring (bicyclic) bond motifs is 1. The molecule has 0 spiro atoms. The van der Waals surface area contributed by atoms with Gasteiger partial charge in [0, 0.05) is 5.56 Å². The van der Waals surface area contributed by atoms with Crippen LogP contribution in [0, 0.1) is 0 Å². The van der Waals surface area contributed by atoms with Gasteiger partial charge in [0.2, 0.25) is 0 Å². The number of thiazole rings is 1. The second kappa shape index (κ2) is 8.90. The summed E-state index contributed by atoms with van der Waals surface area (Å²) in [6.07, 6.45) is 1.58. The Balaban J connectivity index is 0.000000639. The Labute approximate surface area is 179 Å². The SMILES string of the molecule is C[S-].Nc1nc(-c2ccc3ccccc3c2)c(Br)s1.[K+]. The van der Waals surface area contributed by atoms with Crippen LogP contribution in [0.15, 0.2) is 46.3 Å². The molecule has 0 bridgehead atoms. The maximum Gasteiger partial charge on any atom is 1.00 e. The summed E-state index contributed by atoms with van der Waals surface area (Å²) in [5.41, 5.74) is 7.71. The number of aromatic nitrogens is 1. The van der Waals surface area contributed by atoms with Crippen LogP contribution in [0.4, 0.5) is 5.13 Å². The average molecular weight is 391 g/mol. The van der Waals surface area contributed by atoms with Gasteiger partial charge >= 0.3 is 51.4 Å². The van der Waals surface area contributed by atoms with Gasteiger partial charge < -0.3 is 18.4 Å². The van der Waals surface area contributed by atoms with E-state index in [4.69, 9.17) is 5.73 Å². The van der Waals surface area contributed by atoms with Crippen molar-refractivity contribution in [1.29, 1.82) is 0 Å². The number of nitrogens with two attached hydrogens (primary N) is 1. The summed E-state index contributed by atoms with van der Waals surface area (Å²) in [5.74, 6) is 0. The van der Waals surface area contributed by atoms with Gasteiger partial charge in [-0.15, -0.1) is 0 Å². The minimum atomic E-state index is 0. The van der Waals surface area contributed by atoms with Gasteiger partial charge in [-0.3, -0.25) is 0 Å². The second-order valence-electron chi connectivity index (χ2n) is 3.74. The van der Waals surface area contributed by atoms with Crippen LogP contribution in [0.25, 0.3) is 22.0 Å². The molecule has 20 heavy (non-hydrogen) atoms. The third kappa shape index (κ3) is 4.30. The molecule has 3 rings (SSSR count). The van der Waals surface area contributed by atoms with Crippen LogP contribution in [0.2, 0.25) is 0 Å². The number of benzene rings is 2. The first kappa shape index (κ1) is 18.6. The molecule has 0 saturated heterocycles. The number of nitrogens with zero attached hydrogens (tertiary/aromatic N) is 1. The minimum Gasteiger partial charge on any atom is -0.796 e. The Kier molecular flexibility index (Phi) is 8.30. The van der Waals surface area contributed by atoms with E-state index in [1.165, 1.54) is 22.1 Å². The number of halogens is 1. The molecule has 2 nitrogen and oxygen atoms in total. The Hall–Kier alpha value is 0.596. The zero-order chi connectivity index (χ0) is 13.8. The van der Waals surface area contributed by atoms with Crippen LogP contribution in [-0.4, -0.2) is 11.2 Å². The van der Waals surface area contributed by atoms with Gasteiger partial charge in [-0.2, -0.15) is 6.26 Å². The minimum absolute atomic E-state index is 0. The smallest absolute Gasteiger partial charge is 0.796 e. The molecule has 98 valence electrons. The van der Waals surface area contributed by atoms with Gasteiger partial charge in [0.05, 0.1) is 9.48 Å². The summed E-state index contributed by atoms with van der Waals surface area (Å²) >= 11 is 9.03. The predicted octanol–water partition coefficient (Wildman–Crippen LogP) is 1.48. The van der Waals surface area contributed by atoms with E-state index in [9.17, 15) is 0 Å². The van der Waals surface area contributed by atoms with E-state index < -0.39 is 0 Å². The maximum atomic E-state index is 5.71. The molecular weight excluding hydrogens is 379 g/mol. The number of anilines is 1. The summed E-state index contributed by atoms with van der Waals surface area (Å²) in [5, 5.41) is 3.03. The first-order chi connectivity index (χ1) is 9.24. The van der Waals surface area contributed by atoms with Crippen molar-refractivity contribution in [2.45, 2.75) is 0 Å². The number of hydrogen-bond donors (Lipinski definition) is 1. The van der Waals surface area contributed by atoms with E-state index in [0.29, 0.717) is 5.13 Å². The molecule has 0 saturated carbocycles. The number of nitrogen functional groups attached to an aromatic ring is 1. The molecule has 0 atom stereocenters. The van der Waals surface area contributed by atoms with E-state index in [1.54, 1.807) is 6.26 Å². The topological polar surface area (TPSA) is 38.9 Å². The van der Waals surface area contributed by atoms with Crippen LogP contribution >= 0.6 is 27.3 Å². The van der Waals surface area contributed by atoms with Crippen LogP contribution in [0.5, 0.6) is 0 Å². The van der Waals surface area contributed by atoms with Crippen molar-refractivity contribution in [2.24, 2.45) is 0 Å². The van der Waals surface area contributed by atoms with Crippen molar-refractivity contribution < 1.29 is 51.4 Å². The molecule has 0 radical (unpaired) electrons. The summed E-state index contributed by atoms with van der Waals surface area (Å²) < 4.78 is 0.977. The Morgan fingerprint density at radius 1 is 1.10 bits per heavy atom. The Bertz CT molecular complexity index is 700. The van der Waals surface area contributed by atoms with Gasteiger partial charge in [-0.1, -0.05) is 47.7 Å². The molecule has 0 aliphatic carbocycles. The molecule has 0 unspecified atom stereocenters. The summed E-state index contributed by atoms with van der Waals surface area (Å²) in [6, 6.07) is 14.6. The maximum absolute atomic E-state index is 5.71. The zero-order valence-corrected chi connectivity index (χ0v) is 17.6. The fourth-order valence-electron chi connectivity index (χ4n) is 1.83. The van der Waals surface area contributed by atoms with Gasteiger partial charge in [0.25, 0.3) is 0 Å². The molecule has 0 amide bonds. The quantitative estimate of drug-likeness (QED) is 0.505. The van der Waals surface area contributed by atoms with Crippen molar-refractivity contribution >= 4 is 55.8 Å². The predicted molar refractivity (Wildman–Crippen MR) is 90.5 cm³/mol. The van der Waals surface area contributed by atoms with Crippen molar-refractivity contribution in [3.63, 3.8) is 0 Å².